The lowest BCUT2D eigenvalue weighted by Gasteiger charge is -2.19. The van der Waals surface area contributed by atoms with Crippen LogP contribution in [0, 0.1) is 0 Å². The van der Waals surface area contributed by atoms with E-state index in [0.29, 0.717) is 0 Å². The van der Waals surface area contributed by atoms with Gasteiger partial charge in [0.2, 0.25) is 0 Å². The van der Waals surface area contributed by atoms with Gasteiger partial charge in [0.1, 0.15) is 18.6 Å². The standard InChI is InChI=1S/C10H13Cl2N3O2/c1-10(2,3)17-4-6(16)15-7-8(11)13-5-14-9(7)12/h5H,4H2,1-3H3,(H,15,16). The Morgan fingerprint density at radius 2 is 1.88 bits per heavy atom. The molecular weight excluding hydrogens is 265 g/mol. The van der Waals surface area contributed by atoms with E-state index in [1.54, 1.807) is 0 Å². The second kappa shape index (κ2) is 5.62. The molecule has 0 saturated heterocycles. The average Bonchev–Trinajstić information content (AvgIpc) is 2.20. The number of nitrogens with zero attached hydrogens (tertiary/aromatic N) is 2. The van der Waals surface area contributed by atoms with Gasteiger partial charge in [0.25, 0.3) is 5.91 Å². The minimum absolute atomic E-state index is 0.0918. The van der Waals surface area contributed by atoms with Gasteiger partial charge in [-0.3, -0.25) is 4.79 Å². The van der Waals surface area contributed by atoms with Crippen LogP contribution in [0.1, 0.15) is 20.8 Å². The summed E-state index contributed by atoms with van der Waals surface area (Å²) in [6.45, 7) is 5.47. The Hall–Kier alpha value is -0.910. The molecule has 0 spiro atoms. The van der Waals surface area contributed by atoms with E-state index in [0.717, 1.165) is 0 Å². The van der Waals surface area contributed by atoms with Crippen molar-refractivity contribution >= 4 is 34.8 Å². The van der Waals surface area contributed by atoms with E-state index in [1.807, 2.05) is 20.8 Å². The minimum Gasteiger partial charge on any atom is -0.366 e. The number of halogens is 2. The number of rotatable bonds is 3. The van der Waals surface area contributed by atoms with Crippen molar-refractivity contribution in [2.75, 3.05) is 11.9 Å². The van der Waals surface area contributed by atoms with Crippen molar-refractivity contribution < 1.29 is 9.53 Å². The molecule has 1 amide bonds. The van der Waals surface area contributed by atoms with Crippen molar-refractivity contribution in [3.8, 4) is 0 Å². The molecule has 0 bridgehead atoms. The lowest BCUT2D eigenvalue weighted by Crippen LogP contribution is -2.27. The average molecular weight is 278 g/mol. The first kappa shape index (κ1) is 14.2. The summed E-state index contributed by atoms with van der Waals surface area (Å²) in [5.74, 6) is -0.362. The molecule has 0 aliphatic carbocycles. The second-order valence-corrected chi connectivity index (χ2v) is 5.00. The first-order valence-corrected chi connectivity index (χ1v) is 5.65. The molecule has 0 unspecified atom stereocenters. The van der Waals surface area contributed by atoms with E-state index in [4.69, 9.17) is 27.9 Å². The van der Waals surface area contributed by atoms with Gasteiger partial charge in [-0.25, -0.2) is 9.97 Å². The molecule has 0 radical (unpaired) electrons. The van der Waals surface area contributed by atoms with Gasteiger partial charge < -0.3 is 10.1 Å². The maximum absolute atomic E-state index is 11.6. The fraction of sp³-hybridized carbons (Fsp3) is 0.500. The fourth-order valence-electron chi connectivity index (χ4n) is 0.905. The molecule has 0 aliphatic rings. The van der Waals surface area contributed by atoms with Crippen LogP contribution in [0.4, 0.5) is 5.69 Å². The Morgan fingerprint density at radius 3 is 2.35 bits per heavy atom. The summed E-state index contributed by atoms with van der Waals surface area (Å²) >= 11 is 11.5. The van der Waals surface area contributed by atoms with Gasteiger partial charge in [-0.2, -0.15) is 0 Å². The zero-order valence-corrected chi connectivity index (χ0v) is 11.3. The quantitative estimate of drug-likeness (QED) is 0.863. The molecule has 1 heterocycles. The van der Waals surface area contributed by atoms with Gasteiger partial charge in [-0.1, -0.05) is 23.2 Å². The maximum Gasteiger partial charge on any atom is 0.250 e. The second-order valence-electron chi connectivity index (χ2n) is 4.28. The number of hydrogen-bond donors (Lipinski definition) is 1. The topological polar surface area (TPSA) is 64.1 Å². The maximum atomic E-state index is 11.6. The summed E-state index contributed by atoms with van der Waals surface area (Å²) in [4.78, 5) is 19.0. The Balaban J connectivity index is 2.63. The van der Waals surface area contributed by atoms with Gasteiger partial charge in [0.05, 0.1) is 5.60 Å². The monoisotopic (exact) mass is 277 g/mol. The fourth-order valence-corrected chi connectivity index (χ4v) is 1.31. The predicted molar refractivity (Wildman–Crippen MR) is 66.4 cm³/mol. The van der Waals surface area contributed by atoms with Crippen LogP contribution in [0.15, 0.2) is 6.33 Å². The van der Waals surface area contributed by atoms with E-state index < -0.39 is 5.60 Å². The molecule has 1 N–H and O–H groups in total. The van der Waals surface area contributed by atoms with Gasteiger partial charge in [0.15, 0.2) is 10.3 Å². The predicted octanol–water partition coefficient (Wildman–Crippen LogP) is 2.54. The lowest BCUT2D eigenvalue weighted by atomic mass is 10.2. The summed E-state index contributed by atoms with van der Waals surface area (Å²) in [7, 11) is 0. The molecule has 0 saturated carbocycles. The zero-order chi connectivity index (χ0) is 13.1. The normalized spacial score (nSPS) is 11.4. The Labute approximate surface area is 109 Å². The van der Waals surface area contributed by atoms with Crippen molar-refractivity contribution in [2.45, 2.75) is 26.4 Å². The number of aromatic nitrogens is 2. The van der Waals surface area contributed by atoms with Crippen LogP contribution in [0.3, 0.4) is 0 Å². The molecule has 5 nitrogen and oxygen atoms in total. The molecule has 0 aliphatic heterocycles. The van der Waals surface area contributed by atoms with Crippen LogP contribution in [-0.2, 0) is 9.53 Å². The third-order valence-corrected chi connectivity index (χ3v) is 2.23. The van der Waals surface area contributed by atoms with Gasteiger partial charge >= 0.3 is 0 Å². The van der Waals surface area contributed by atoms with Crippen LogP contribution >= 0.6 is 23.2 Å². The van der Waals surface area contributed by atoms with Gasteiger partial charge in [-0.15, -0.1) is 0 Å². The zero-order valence-electron chi connectivity index (χ0n) is 9.75. The number of anilines is 1. The third-order valence-electron chi connectivity index (χ3n) is 1.66. The van der Waals surface area contributed by atoms with Crippen molar-refractivity contribution in [3.63, 3.8) is 0 Å². The number of nitrogens with one attached hydrogen (secondary N) is 1. The molecule has 0 aromatic carbocycles. The third kappa shape index (κ3) is 4.85. The van der Waals surface area contributed by atoms with Crippen LogP contribution < -0.4 is 5.32 Å². The molecule has 17 heavy (non-hydrogen) atoms. The largest absolute Gasteiger partial charge is 0.366 e. The number of ether oxygens (including phenoxy) is 1. The summed E-state index contributed by atoms with van der Waals surface area (Å²) < 4.78 is 5.30. The van der Waals surface area contributed by atoms with Crippen molar-refractivity contribution in [3.05, 3.63) is 16.6 Å². The van der Waals surface area contributed by atoms with Crippen LogP contribution in [0.5, 0.6) is 0 Å². The lowest BCUT2D eigenvalue weighted by molar-refractivity contribution is -0.125. The molecule has 0 atom stereocenters. The SMILES string of the molecule is CC(C)(C)OCC(=O)Nc1c(Cl)ncnc1Cl. The van der Waals surface area contributed by atoms with Crippen molar-refractivity contribution in [1.29, 1.82) is 0 Å². The van der Waals surface area contributed by atoms with E-state index in [1.165, 1.54) is 6.33 Å². The van der Waals surface area contributed by atoms with E-state index in [9.17, 15) is 4.79 Å². The summed E-state index contributed by atoms with van der Waals surface area (Å²) in [5, 5.41) is 2.68. The Kier molecular flexibility index (Phi) is 4.68. The van der Waals surface area contributed by atoms with Crippen molar-refractivity contribution in [2.24, 2.45) is 0 Å². The molecule has 1 aromatic heterocycles. The number of carbonyl (C=O) groups is 1. The minimum atomic E-state index is -0.391. The summed E-state index contributed by atoms with van der Waals surface area (Å²) in [6.07, 6.45) is 1.21. The molecular formula is C10H13Cl2N3O2. The molecule has 1 rings (SSSR count). The summed E-state index contributed by atoms with van der Waals surface area (Å²) in [6, 6.07) is 0. The molecule has 0 fully saturated rings. The molecule has 7 heteroatoms. The highest BCUT2D eigenvalue weighted by Crippen LogP contribution is 2.25. The molecule has 94 valence electrons. The van der Waals surface area contributed by atoms with E-state index in [2.05, 4.69) is 15.3 Å². The highest BCUT2D eigenvalue weighted by atomic mass is 35.5. The van der Waals surface area contributed by atoms with Gasteiger partial charge in [-0.05, 0) is 20.8 Å². The van der Waals surface area contributed by atoms with Crippen LogP contribution in [-0.4, -0.2) is 28.1 Å². The van der Waals surface area contributed by atoms with E-state index >= 15 is 0 Å². The number of carbonyl (C=O) groups excluding carboxylic acids is 1. The van der Waals surface area contributed by atoms with E-state index in [-0.39, 0.29) is 28.5 Å². The van der Waals surface area contributed by atoms with Gasteiger partial charge in [0, 0.05) is 0 Å². The highest BCUT2D eigenvalue weighted by Gasteiger charge is 2.15. The van der Waals surface area contributed by atoms with Crippen LogP contribution in [0.2, 0.25) is 10.3 Å². The number of hydrogen-bond acceptors (Lipinski definition) is 4. The van der Waals surface area contributed by atoms with Crippen molar-refractivity contribution in [1.82, 2.24) is 9.97 Å². The first-order valence-electron chi connectivity index (χ1n) is 4.89. The summed E-state index contributed by atoms with van der Waals surface area (Å²) in [5.41, 5.74) is -0.198. The first-order chi connectivity index (χ1) is 7.79. The Bertz CT molecular complexity index is 398. The Morgan fingerprint density at radius 1 is 1.35 bits per heavy atom. The smallest absolute Gasteiger partial charge is 0.250 e. The van der Waals surface area contributed by atoms with Crippen LogP contribution in [0.25, 0.3) is 0 Å². The highest BCUT2D eigenvalue weighted by molar-refractivity contribution is 6.38. The number of amides is 1. The molecule has 1 aromatic rings.